The minimum Gasteiger partial charge on any atom is -0.310 e. The molecule has 0 aromatic rings. The molecule has 0 spiro atoms. The van der Waals surface area contributed by atoms with Crippen molar-refractivity contribution in [2.24, 2.45) is 0 Å². The number of rotatable bonds is 7. The first-order valence-corrected chi connectivity index (χ1v) is 6.81. The van der Waals surface area contributed by atoms with E-state index in [1.165, 1.54) is 45.1 Å². The van der Waals surface area contributed by atoms with Crippen molar-refractivity contribution in [3.05, 3.63) is 11.6 Å². The van der Waals surface area contributed by atoms with E-state index < -0.39 is 0 Å². The van der Waals surface area contributed by atoms with Gasteiger partial charge in [-0.2, -0.15) is 0 Å². The average molecular weight is 224 g/mol. The molecule has 1 aliphatic carbocycles. The van der Waals surface area contributed by atoms with Gasteiger partial charge in [-0.3, -0.25) is 0 Å². The number of allylic oxidation sites excluding steroid dienone is 1. The fraction of sp³-hybridized carbons (Fsp3) is 0.857. The standard InChI is InChI=1S/C14H28N2/c1-4-11-15-14(10-12-16(2)3)13-8-6-5-7-9-13/h8,14-15H,4-7,9-12H2,1-3H3. The maximum Gasteiger partial charge on any atom is 0.0291 e. The van der Waals surface area contributed by atoms with E-state index in [-0.39, 0.29) is 0 Å². The Bertz CT molecular complexity index is 209. The molecule has 2 nitrogen and oxygen atoms in total. The molecule has 0 aliphatic heterocycles. The monoisotopic (exact) mass is 224 g/mol. The van der Waals surface area contributed by atoms with Crippen molar-refractivity contribution in [1.29, 1.82) is 0 Å². The molecule has 0 aromatic heterocycles. The molecule has 0 saturated heterocycles. The molecule has 1 atom stereocenters. The fourth-order valence-electron chi connectivity index (χ4n) is 2.30. The van der Waals surface area contributed by atoms with Crippen LogP contribution in [0.4, 0.5) is 0 Å². The Kier molecular flexibility index (Phi) is 6.74. The molecule has 0 heterocycles. The lowest BCUT2D eigenvalue weighted by molar-refractivity contribution is 0.367. The van der Waals surface area contributed by atoms with Gasteiger partial charge >= 0.3 is 0 Å². The van der Waals surface area contributed by atoms with Gasteiger partial charge in [-0.05, 0) is 65.7 Å². The van der Waals surface area contributed by atoms with E-state index in [0.717, 1.165) is 6.54 Å². The largest absolute Gasteiger partial charge is 0.310 e. The van der Waals surface area contributed by atoms with Gasteiger partial charge in [-0.1, -0.05) is 18.6 Å². The SMILES string of the molecule is CCCNC(CCN(C)C)C1=CCCCC1. The quantitative estimate of drug-likeness (QED) is 0.669. The van der Waals surface area contributed by atoms with E-state index in [9.17, 15) is 0 Å². The zero-order valence-corrected chi connectivity index (χ0v) is 11.3. The highest BCUT2D eigenvalue weighted by atomic mass is 15.1. The first-order chi connectivity index (χ1) is 7.74. The lowest BCUT2D eigenvalue weighted by Gasteiger charge is -2.25. The minimum absolute atomic E-state index is 0.627. The molecule has 1 N–H and O–H groups in total. The van der Waals surface area contributed by atoms with Gasteiger partial charge in [0.25, 0.3) is 0 Å². The zero-order chi connectivity index (χ0) is 11.8. The van der Waals surface area contributed by atoms with Crippen molar-refractivity contribution in [2.75, 3.05) is 27.2 Å². The van der Waals surface area contributed by atoms with E-state index in [4.69, 9.17) is 0 Å². The second-order valence-corrected chi connectivity index (χ2v) is 5.12. The van der Waals surface area contributed by atoms with Crippen LogP contribution in [0.1, 0.15) is 45.4 Å². The van der Waals surface area contributed by atoms with Gasteiger partial charge in [0.2, 0.25) is 0 Å². The molecular formula is C14H28N2. The lowest BCUT2D eigenvalue weighted by atomic mass is 9.92. The Labute approximate surface area is 101 Å². The number of nitrogens with one attached hydrogen (secondary N) is 1. The molecule has 0 bridgehead atoms. The molecule has 1 rings (SSSR count). The second kappa shape index (κ2) is 7.86. The first-order valence-electron chi connectivity index (χ1n) is 6.81. The Morgan fingerprint density at radius 3 is 2.75 bits per heavy atom. The lowest BCUT2D eigenvalue weighted by Crippen LogP contribution is -2.35. The van der Waals surface area contributed by atoms with Crippen LogP contribution in [0.2, 0.25) is 0 Å². The molecule has 0 amide bonds. The summed E-state index contributed by atoms with van der Waals surface area (Å²) in [6.07, 6.45) is 10.3. The average Bonchev–Trinajstić information content (AvgIpc) is 2.30. The van der Waals surface area contributed by atoms with E-state index in [2.05, 4.69) is 37.3 Å². The Balaban J connectivity index is 2.44. The Hall–Kier alpha value is -0.340. The Morgan fingerprint density at radius 1 is 1.38 bits per heavy atom. The molecule has 94 valence electrons. The van der Waals surface area contributed by atoms with Gasteiger partial charge in [0, 0.05) is 6.04 Å². The Morgan fingerprint density at radius 2 is 2.19 bits per heavy atom. The summed E-state index contributed by atoms with van der Waals surface area (Å²) in [6.45, 7) is 4.57. The van der Waals surface area contributed by atoms with Crippen molar-refractivity contribution in [1.82, 2.24) is 10.2 Å². The van der Waals surface area contributed by atoms with E-state index in [0.29, 0.717) is 6.04 Å². The van der Waals surface area contributed by atoms with E-state index in [1.807, 2.05) is 0 Å². The third-order valence-corrected chi connectivity index (χ3v) is 3.28. The highest BCUT2D eigenvalue weighted by Gasteiger charge is 2.15. The molecule has 0 saturated carbocycles. The fourth-order valence-corrected chi connectivity index (χ4v) is 2.30. The van der Waals surface area contributed by atoms with Crippen LogP contribution in [-0.2, 0) is 0 Å². The van der Waals surface area contributed by atoms with Crippen LogP contribution in [0.3, 0.4) is 0 Å². The van der Waals surface area contributed by atoms with Crippen LogP contribution in [-0.4, -0.2) is 38.1 Å². The normalized spacial score (nSPS) is 18.6. The van der Waals surface area contributed by atoms with Gasteiger partial charge in [-0.15, -0.1) is 0 Å². The van der Waals surface area contributed by atoms with Crippen molar-refractivity contribution >= 4 is 0 Å². The predicted octanol–water partition coefficient (Wildman–Crippen LogP) is 2.81. The topological polar surface area (TPSA) is 15.3 Å². The van der Waals surface area contributed by atoms with E-state index >= 15 is 0 Å². The van der Waals surface area contributed by atoms with Crippen LogP contribution < -0.4 is 5.32 Å². The summed E-state index contributed by atoms with van der Waals surface area (Å²) in [6, 6.07) is 0.627. The van der Waals surface area contributed by atoms with Gasteiger partial charge in [0.15, 0.2) is 0 Å². The van der Waals surface area contributed by atoms with Gasteiger partial charge in [-0.25, -0.2) is 0 Å². The summed E-state index contributed by atoms with van der Waals surface area (Å²) >= 11 is 0. The number of hydrogen-bond acceptors (Lipinski definition) is 2. The molecule has 1 unspecified atom stereocenters. The van der Waals surface area contributed by atoms with Gasteiger partial charge in [0.1, 0.15) is 0 Å². The van der Waals surface area contributed by atoms with Crippen molar-refractivity contribution in [3.63, 3.8) is 0 Å². The third-order valence-electron chi connectivity index (χ3n) is 3.28. The molecular weight excluding hydrogens is 196 g/mol. The molecule has 2 heteroatoms. The summed E-state index contributed by atoms with van der Waals surface area (Å²) in [5.41, 5.74) is 1.67. The van der Waals surface area contributed by atoms with Crippen molar-refractivity contribution in [2.45, 2.75) is 51.5 Å². The smallest absolute Gasteiger partial charge is 0.0291 e. The summed E-state index contributed by atoms with van der Waals surface area (Å²) in [5, 5.41) is 3.70. The summed E-state index contributed by atoms with van der Waals surface area (Å²) in [4.78, 5) is 2.28. The number of hydrogen-bond donors (Lipinski definition) is 1. The van der Waals surface area contributed by atoms with Crippen molar-refractivity contribution < 1.29 is 0 Å². The van der Waals surface area contributed by atoms with Crippen LogP contribution >= 0.6 is 0 Å². The van der Waals surface area contributed by atoms with E-state index in [1.54, 1.807) is 5.57 Å². The first kappa shape index (κ1) is 13.7. The molecule has 16 heavy (non-hydrogen) atoms. The second-order valence-electron chi connectivity index (χ2n) is 5.12. The van der Waals surface area contributed by atoms with Gasteiger partial charge in [0.05, 0.1) is 0 Å². The van der Waals surface area contributed by atoms with Crippen LogP contribution in [0.15, 0.2) is 11.6 Å². The summed E-state index contributed by atoms with van der Waals surface area (Å²) in [7, 11) is 4.32. The summed E-state index contributed by atoms with van der Waals surface area (Å²) < 4.78 is 0. The van der Waals surface area contributed by atoms with Gasteiger partial charge < -0.3 is 10.2 Å². The van der Waals surface area contributed by atoms with Crippen molar-refractivity contribution in [3.8, 4) is 0 Å². The molecule has 0 radical (unpaired) electrons. The maximum atomic E-state index is 3.70. The van der Waals surface area contributed by atoms with Crippen LogP contribution in [0.25, 0.3) is 0 Å². The predicted molar refractivity (Wildman–Crippen MR) is 71.8 cm³/mol. The number of nitrogens with zero attached hydrogens (tertiary/aromatic N) is 1. The third kappa shape index (κ3) is 5.13. The van der Waals surface area contributed by atoms with Crippen LogP contribution in [0.5, 0.6) is 0 Å². The molecule has 1 aliphatic rings. The highest BCUT2D eigenvalue weighted by molar-refractivity contribution is 5.13. The zero-order valence-electron chi connectivity index (χ0n) is 11.3. The van der Waals surface area contributed by atoms with Crippen LogP contribution in [0, 0.1) is 0 Å². The highest BCUT2D eigenvalue weighted by Crippen LogP contribution is 2.22. The minimum atomic E-state index is 0.627. The maximum absolute atomic E-state index is 3.70. The summed E-state index contributed by atoms with van der Waals surface area (Å²) in [5.74, 6) is 0. The molecule has 0 aromatic carbocycles. The molecule has 0 fully saturated rings.